The molecule has 0 amide bonds. The van der Waals surface area contributed by atoms with Crippen LogP contribution in [-0.2, 0) is 0 Å². The van der Waals surface area contributed by atoms with E-state index in [0.717, 1.165) is 16.3 Å². The standard InChI is InChI=1S/C19H12ClN3O/c20-19-18(23-10-4-3-7-17(23)22-19)16(24)9-8-14-12-21-11-13-5-1-2-6-15(13)14/h1-12H/b9-8+. The fraction of sp³-hybridized carbons (Fsp3) is 0. The second-order valence-electron chi connectivity index (χ2n) is 5.33. The highest BCUT2D eigenvalue weighted by Gasteiger charge is 2.15. The first-order valence-corrected chi connectivity index (χ1v) is 7.79. The number of nitrogens with zero attached hydrogens (tertiary/aromatic N) is 3. The fourth-order valence-electron chi connectivity index (χ4n) is 2.70. The molecular formula is C19H12ClN3O. The molecule has 3 aromatic heterocycles. The zero-order valence-electron chi connectivity index (χ0n) is 12.6. The first-order chi connectivity index (χ1) is 11.7. The van der Waals surface area contributed by atoms with Gasteiger partial charge in [0.1, 0.15) is 11.3 Å². The summed E-state index contributed by atoms with van der Waals surface area (Å²) >= 11 is 6.14. The van der Waals surface area contributed by atoms with E-state index in [1.807, 2.05) is 36.4 Å². The number of fused-ring (bicyclic) bond motifs is 2. The van der Waals surface area contributed by atoms with Gasteiger partial charge in [-0.1, -0.05) is 41.9 Å². The van der Waals surface area contributed by atoms with Crippen molar-refractivity contribution >= 4 is 39.9 Å². The van der Waals surface area contributed by atoms with Crippen LogP contribution in [0.25, 0.3) is 22.5 Å². The molecule has 116 valence electrons. The van der Waals surface area contributed by atoms with E-state index in [-0.39, 0.29) is 10.9 Å². The number of imidazole rings is 1. The molecule has 1 aromatic carbocycles. The average Bonchev–Trinajstić information content (AvgIpc) is 2.95. The van der Waals surface area contributed by atoms with E-state index >= 15 is 0 Å². The van der Waals surface area contributed by atoms with Gasteiger partial charge in [-0.15, -0.1) is 0 Å². The summed E-state index contributed by atoms with van der Waals surface area (Å²) in [7, 11) is 0. The minimum absolute atomic E-state index is 0.201. The highest BCUT2D eigenvalue weighted by atomic mass is 35.5. The molecule has 24 heavy (non-hydrogen) atoms. The summed E-state index contributed by atoms with van der Waals surface area (Å²) < 4.78 is 1.69. The zero-order valence-corrected chi connectivity index (χ0v) is 13.3. The summed E-state index contributed by atoms with van der Waals surface area (Å²) in [5, 5.41) is 2.27. The molecule has 0 aliphatic heterocycles. The van der Waals surface area contributed by atoms with Gasteiger partial charge in [0.2, 0.25) is 5.78 Å². The minimum atomic E-state index is -0.202. The van der Waals surface area contributed by atoms with Crippen molar-refractivity contribution in [3.05, 3.63) is 83.5 Å². The van der Waals surface area contributed by atoms with Crippen molar-refractivity contribution in [1.29, 1.82) is 0 Å². The van der Waals surface area contributed by atoms with Gasteiger partial charge in [-0.05, 0) is 29.7 Å². The average molecular weight is 334 g/mol. The number of pyridine rings is 2. The Balaban J connectivity index is 1.75. The number of ketones is 1. The number of hydrogen-bond acceptors (Lipinski definition) is 3. The molecule has 3 heterocycles. The molecule has 0 aliphatic rings. The third-order valence-corrected chi connectivity index (χ3v) is 4.10. The number of hydrogen-bond donors (Lipinski definition) is 0. The molecule has 0 unspecified atom stereocenters. The number of carbonyl (C=O) groups is 1. The van der Waals surface area contributed by atoms with Crippen LogP contribution in [0, 0.1) is 0 Å². The van der Waals surface area contributed by atoms with Crippen molar-refractivity contribution in [2.45, 2.75) is 0 Å². The molecule has 0 N–H and O–H groups in total. The molecule has 0 aliphatic carbocycles. The second-order valence-corrected chi connectivity index (χ2v) is 5.69. The molecule has 4 aromatic rings. The van der Waals surface area contributed by atoms with Gasteiger partial charge < -0.3 is 0 Å². The topological polar surface area (TPSA) is 47.3 Å². The Morgan fingerprint density at radius 2 is 1.92 bits per heavy atom. The number of carbonyl (C=O) groups excluding carboxylic acids is 1. The zero-order chi connectivity index (χ0) is 16.5. The molecule has 4 rings (SSSR count). The predicted molar refractivity (Wildman–Crippen MR) is 95.3 cm³/mol. The van der Waals surface area contributed by atoms with Crippen LogP contribution < -0.4 is 0 Å². The van der Waals surface area contributed by atoms with Crippen molar-refractivity contribution in [3.63, 3.8) is 0 Å². The molecule has 0 spiro atoms. The molecular weight excluding hydrogens is 322 g/mol. The molecule has 0 radical (unpaired) electrons. The van der Waals surface area contributed by atoms with E-state index in [2.05, 4.69) is 9.97 Å². The van der Waals surface area contributed by atoms with Gasteiger partial charge in [0, 0.05) is 29.5 Å². The van der Waals surface area contributed by atoms with Gasteiger partial charge in [-0.25, -0.2) is 4.98 Å². The van der Waals surface area contributed by atoms with Gasteiger partial charge in [0.05, 0.1) is 0 Å². The van der Waals surface area contributed by atoms with Crippen LogP contribution in [0.4, 0.5) is 0 Å². The van der Waals surface area contributed by atoms with Gasteiger partial charge in [-0.2, -0.15) is 0 Å². The number of halogens is 1. The first-order valence-electron chi connectivity index (χ1n) is 7.42. The lowest BCUT2D eigenvalue weighted by Crippen LogP contribution is -2.00. The van der Waals surface area contributed by atoms with Crippen LogP contribution in [-0.4, -0.2) is 20.2 Å². The largest absolute Gasteiger partial charge is 0.295 e. The number of aromatic nitrogens is 3. The molecule has 0 fully saturated rings. The fourth-order valence-corrected chi connectivity index (χ4v) is 2.98. The third kappa shape index (κ3) is 2.47. The van der Waals surface area contributed by atoms with Crippen LogP contribution in [0.1, 0.15) is 16.1 Å². The first kappa shape index (κ1) is 14.6. The Labute approximate surface area is 143 Å². The molecule has 4 nitrogen and oxygen atoms in total. The van der Waals surface area contributed by atoms with E-state index in [4.69, 9.17) is 11.6 Å². The Kier molecular flexibility index (Phi) is 3.59. The van der Waals surface area contributed by atoms with Crippen molar-refractivity contribution < 1.29 is 4.79 Å². The summed E-state index contributed by atoms with van der Waals surface area (Å²) in [6.45, 7) is 0. The highest BCUT2D eigenvalue weighted by Crippen LogP contribution is 2.21. The Morgan fingerprint density at radius 1 is 1.08 bits per heavy atom. The van der Waals surface area contributed by atoms with Crippen molar-refractivity contribution in [1.82, 2.24) is 14.4 Å². The summed E-state index contributed by atoms with van der Waals surface area (Å²) in [5.74, 6) is -0.202. The maximum absolute atomic E-state index is 12.6. The monoisotopic (exact) mass is 333 g/mol. The van der Waals surface area contributed by atoms with E-state index in [9.17, 15) is 4.79 Å². The number of allylic oxidation sites excluding steroid dienone is 1. The van der Waals surface area contributed by atoms with Crippen LogP contribution in [0.2, 0.25) is 5.15 Å². The number of rotatable bonds is 3. The molecule has 5 heteroatoms. The summed E-state index contributed by atoms with van der Waals surface area (Å²) in [4.78, 5) is 21.0. The van der Waals surface area contributed by atoms with E-state index in [1.54, 1.807) is 35.1 Å². The summed E-state index contributed by atoms with van der Waals surface area (Å²) in [6, 6.07) is 13.4. The highest BCUT2D eigenvalue weighted by molar-refractivity contribution is 6.33. The van der Waals surface area contributed by atoms with Gasteiger partial charge in [-0.3, -0.25) is 14.2 Å². The molecule has 0 saturated carbocycles. The lowest BCUT2D eigenvalue weighted by molar-refractivity contribution is 0.104. The van der Waals surface area contributed by atoms with Crippen molar-refractivity contribution in [2.75, 3.05) is 0 Å². The van der Waals surface area contributed by atoms with Gasteiger partial charge in [0.15, 0.2) is 5.15 Å². The molecule has 0 atom stereocenters. The van der Waals surface area contributed by atoms with Crippen molar-refractivity contribution in [3.8, 4) is 0 Å². The quantitative estimate of drug-likeness (QED) is 0.411. The lowest BCUT2D eigenvalue weighted by Gasteiger charge is -2.01. The van der Waals surface area contributed by atoms with E-state index < -0.39 is 0 Å². The smallest absolute Gasteiger partial charge is 0.205 e. The SMILES string of the molecule is O=C(/C=C/c1cncc2ccccc12)c1c(Cl)nc2ccccn12. The maximum atomic E-state index is 12.6. The summed E-state index contributed by atoms with van der Waals surface area (Å²) in [5.41, 5.74) is 1.88. The molecule has 0 saturated heterocycles. The Hall–Kier alpha value is -2.98. The Bertz CT molecular complexity index is 1090. The normalized spacial score (nSPS) is 11.5. The summed E-state index contributed by atoms with van der Waals surface area (Å²) in [6.07, 6.45) is 8.58. The number of benzene rings is 1. The Morgan fingerprint density at radius 3 is 2.83 bits per heavy atom. The predicted octanol–water partition coefficient (Wildman–Crippen LogP) is 4.43. The van der Waals surface area contributed by atoms with Crippen LogP contribution in [0.15, 0.2) is 67.1 Å². The van der Waals surface area contributed by atoms with Gasteiger partial charge >= 0.3 is 0 Å². The van der Waals surface area contributed by atoms with Crippen molar-refractivity contribution in [2.24, 2.45) is 0 Å². The van der Waals surface area contributed by atoms with Gasteiger partial charge in [0.25, 0.3) is 0 Å². The second kappa shape index (κ2) is 5.91. The lowest BCUT2D eigenvalue weighted by atomic mass is 10.1. The third-order valence-electron chi connectivity index (χ3n) is 3.83. The molecule has 0 bridgehead atoms. The van der Waals surface area contributed by atoms with E-state index in [0.29, 0.717) is 11.3 Å². The van der Waals surface area contributed by atoms with E-state index in [1.165, 1.54) is 6.08 Å². The van der Waals surface area contributed by atoms with Crippen LogP contribution >= 0.6 is 11.6 Å². The van der Waals surface area contributed by atoms with Crippen LogP contribution in [0.5, 0.6) is 0 Å². The minimum Gasteiger partial charge on any atom is -0.295 e. The van der Waals surface area contributed by atoms with Crippen LogP contribution in [0.3, 0.4) is 0 Å². The maximum Gasteiger partial charge on any atom is 0.205 e.